The van der Waals surface area contributed by atoms with E-state index in [0.29, 0.717) is 29.5 Å². The second-order valence-corrected chi connectivity index (χ2v) is 7.21. The van der Waals surface area contributed by atoms with E-state index in [2.05, 4.69) is 17.2 Å². The van der Waals surface area contributed by atoms with Crippen LogP contribution in [-0.4, -0.2) is 10.9 Å². The molecule has 28 heavy (non-hydrogen) atoms. The van der Waals surface area contributed by atoms with E-state index in [9.17, 15) is 4.79 Å². The molecule has 2 aromatic carbocycles. The molecule has 3 rings (SSSR count). The van der Waals surface area contributed by atoms with Crippen molar-refractivity contribution in [2.24, 2.45) is 0 Å². The fourth-order valence-electron chi connectivity index (χ4n) is 3.17. The van der Waals surface area contributed by atoms with Crippen LogP contribution in [0.25, 0.3) is 11.3 Å². The summed E-state index contributed by atoms with van der Waals surface area (Å²) in [6, 6.07) is 11.9. The SMILES string of the molecule is CCc1ccc(Cl)c(CC)c1NC(=O)CCc1ncc(-c2ccc(C)cc2)o1. The molecule has 0 radical (unpaired) electrons. The van der Waals surface area contributed by atoms with Gasteiger partial charge in [0.05, 0.1) is 6.20 Å². The van der Waals surface area contributed by atoms with Crippen LogP contribution in [0.5, 0.6) is 0 Å². The van der Waals surface area contributed by atoms with Gasteiger partial charge in [-0.05, 0) is 37.0 Å². The molecule has 0 saturated carbocycles. The van der Waals surface area contributed by atoms with Gasteiger partial charge in [-0.2, -0.15) is 0 Å². The topological polar surface area (TPSA) is 55.1 Å². The highest BCUT2D eigenvalue weighted by Gasteiger charge is 2.14. The smallest absolute Gasteiger partial charge is 0.224 e. The Morgan fingerprint density at radius 1 is 1.11 bits per heavy atom. The van der Waals surface area contributed by atoms with Crippen molar-refractivity contribution in [2.45, 2.75) is 46.5 Å². The van der Waals surface area contributed by atoms with Crippen molar-refractivity contribution in [1.82, 2.24) is 4.98 Å². The number of carbonyl (C=O) groups is 1. The van der Waals surface area contributed by atoms with Gasteiger partial charge in [-0.1, -0.05) is 61.3 Å². The number of halogens is 1. The summed E-state index contributed by atoms with van der Waals surface area (Å²) in [7, 11) is 0. The molecule has 0 aliphatic heterocycles. The lowest BCUT2D eigenvalue weighted by atomic mass is 10.0. The number of rotatable bonds is 7. The van der Waals surface area contributed by atoms with E-state index in [1.807, 2.05) is 50.2 Å². The second-order valence-electron chi connectivity index (χ2n) is 6.80. The Morgan fingerprint density at radius 2 is 1.86 bits per heavy atom. The number of benzene rings is 2. The minimum Gasteiger partial charge on any atom is -0.441 e. The number of nitrogens with one attached hydrogen (secondary N) is 1. The molecule has 4 nitrogen and oxygen atoms in total. The third-order valence-corrected chi connectivity index (χ3v) is 5.15. The van der Waals surface area contributed by atoms with Gasteiger partial charge in [0.2, 0.25) is 5.91 Å². The molecule has 5 heteroatoms. The summed E-state index contributed by atoms with van der Waals surface area (Å²) in [5.74, 6) is 1.21. The normalized spacial score (nSPS) is 10.9. The van der Waals surface area contributed by atoms with Crippen molar-refractivity contribution in [3.05, 3.63) is 70.2 Å². The first-order valence-corrected chi connectivity index (χ1v) is 10.0. The van der Waals surface area contributed by atoms with E-state index in [-0.39, 0.29) is 5.91 Å². The lowest BCUT2D eigenvalue weighted by Gasteiger charge is -2.15. The Morgan fingerprint density at radius 3 is 2.54 bits per heavy atom. The molecule has 1 heterocycles. The molecule has 0 fully saturated rings. The lowest BCUT2D eigenvalue weighted by Crippen LogP contribution is -2.15. The molecule has 0 atom stereocenters. The van der Waals surface area contributed by atoms with Gasteiger partial charge in [0, 0.05) is 29.1 Å². The maximum atomic E-state index is 12.5. The Balaban J connectivity index is 1.66. The second kappa shape index (κ2) is 9.07. The Kier molecular flexibility index (Phi) is 6.53. The highest BCUT2D eigenvalue weighted by atomic mass is 35.5. The van der Waals surface area contributed by atoms with Crippen LogP contribution in [-0.2, 0) is 24.1 Å². The van der Waals surface area contributed by atoms with Gasteiger partial charge < -0.3 is 9.73 Å². The Labute approximate surface area is 170 Å². The monoisotopic (exact) mass is 396 g/mol. The van der Waals surface area contributed by atoms with Crippen LogP contribution in [0, 0.1) is 6.92 Å². The molecule has 0 spiro atoms. The number of nitrogens with zero attached hydrogens (tertiary/aromatic N) is 1. The van der Waals surface area contributed by atoms with E-state index >= 15 is 0 Å². The van der Waals surface area contributed by atoms with Crippen LogP contribution in [0.2, 0.25) is 5.02 Å². The van der Waals surface area contributed by atoms with Crippen molar-refractivity contribution in [3.8, 4) is 11.3 Å². The predicted octanol–water partition coefficient (Wildman–Crippen LogP) is 6.00. The number of carbonyl (C=O) groups excluding carboxylic acids is 1. The van der Waals surface area contributed by atoms with Crippen molar-refractivity contribution < 1.29 is 9.21 Å². The molecule has 0 unspecified atom stereocenters. The van der Waals surface area contributed by atoms with Gasteiger partial charge in [0.15, 0.2) is 11.7 Å². The molecule has 0 aliphatic carbocycles. The summed E-state index contributed by atoms with van der Waals surface area (Å²) in [4.78, 5) is 16.8. The lowest BCUT2D eigenvalue weighted by molar-refractivity contribution is -0.116. The standard InChI is InChI=1S/C23H25ClN2O2/c1-4-16-10-11-19(24)18(5-2)23(16)26-21(27)12-13-22-25-14-20(28-22)17-8-6-15(3)7-9-17/h6-11,14H,4-5,12-13H2,1-3H3,(H,26,27). The summed E-state index contributed by atoms with van der Waals surface area (Å²) in [6.07, 6.45) is 4.05. The average Bonchev–Trinajstić information content (AvgIpc) is 3.16. The maximum Gasteiger partial charge on any atom is 0.224 e. The summed E-state index contributed by atoms with van der Waals surface area (Å²) in [5, 5.41) is 3.73. The molecule has 0 aliphatic rings. The number of aryl methyl sites for hydroxylation is 3. The molecule has 1 aromatic heterocycles. The van der Waals surface area contributed by atoms with Crippen molar-refractivity contribution >= 4 is 23.2 Å². The van der Waals surface area contributed by atoms with E-state index in [1.54, 1.807) is 6.20 Å². The Hall–Kier alpha value is -2.59. The van der Waals surface area contributed by atoms with Crippen LogP contribution in [0.4, 0.5) is 5.69 Å². The minimum atomic E-state index is -0.0678. The van der Waals surface area contributed by atoms with Crippen LogP contribution < -0.4 is 5.32 Å². The zero-order valence-corrected chi connectivity index (χ0v) is 17.3. The van der Waals surface area contributed by atoms with Gasteiger partial charge in [-0.15, -0.1) is 0 Å². The number of aromatic nitrogens is 1. The summed E-state index contributed by atoms with van der Waals surface area (Å²) in [6.45, 7) is 6.15. The predicted molar refractivity (Wildman–Crippen MR) is 114 cm³/mol. The molecule has 0 bridgehead atoms. The number of hydrogen-bond acceptors (Lipinski definition) is 3. The first kappa shape index (κ1) is 20.2. The van der Waals surface area contributed by atoms with E-state index in [4.69, 9.17) is 16.0 Å². The van der Waals surface area contributed by atoms with Gasteiger partial charge >= 0.3 is 0 Å². The highest BCUT2D eigenvalue weighted by molar-refractivity contribution is 6.32. The molecule has 1 N–H and O–H groups in total. The molecule has 146 valence electrons. The molecular formula is C23H25ClN2O2. The summed E-state index contributed by atoms with van der Waals surface area (Å²) in [5.41, 5.74) is 5.08. The first-order valence-electron chi connectivity index (χ1n) is 9.63. The first-order chi connectivity index (χ1) is 13.5. The zero-order valence-electron chi connectivity index (χ0n) is 16.5. The van der Waals surface area contributed by atoms with E-state index in [0.717, 1.165) is 35.2 Å². The number of hydrogen-bond donors (Lipinski definition) is 1. The van der Waals surface area contributed by atoms with Crippen molar-refractivity contribution in [3.63, 3.8) is 0 Å². The maximum absolute atomic E-state index is 12.5. The molecule has 3 aromatic rings. The van der Waals surface area contributed by atoms with Crippen molar-refractivity contribution in [2.75, 3.05) is 5.32 Å². The number of amides is 1. The number of anilines is 1. The summed E-state index contributed by atoms with van der Waals surface area (Å²) >= 11 is 6.31. The van der Waals surface area contributed by atoms with Gasteiger partial charge in [0.1, 0.15) is 0 Å². The van der Waals surface area contributed by atoms with Crippen molar-refractivity contribution in [1.29, 1.82) is 0 Å². The minimum absolute atomic E-state index is 0.0678. The third kappa shape index (κ3) is 4.63. The molecule has 0 saturated heterocycles. The summed E-state index contributed by atoms with van der Waals surface area (Å²) < 4.78 is 5.81. The van der Waals surface area contributed by atoms with Gasteiger partial charge in [0.25, 0.3) is 0 Å². The van der Waals surface area contributed by atoms with Gasteiger partial charge in [-0.25, -0.2) is 4.98 Å². The average molecular weight is 397 g/mol. The fourth-order valence-corrected chi connectivity index (χ4v) is 3.46. The molecular weight excluding hydrogens is 372 g/mol. The fraction of sp³-hybridized carbons (Fsp3) is 0.304. The van der Waals surface area contributed by atoms with Gasteiger partial charge in [-0.3, -0.25) is 4.79 Å². The van der Waals surface area contributed by atoms with Crippen LogP contribution >= 0.6 is 11.6 Å². The highest BCUT2D eigenvalue weighted by Crippen LogP contribution is 2.30. The Bertz CT molecular complexity index is 961. The van der Waals surface area contributed by atoms with Crippen LogP contribution in [0.15, 0.2) is 47.0 Å². The van der Waals surface area contributed by atoms with Crippen LogP contribution in [0.1, 0.15) is 42.8 Å². The zero-order chi connectivity index (χ0) is 20.1. The third-order valence-electron chi connectivity index (χ3n) is 4.80. The number of oxazole rings is 1. The quantitative estimate of drug-likeness (QED) is 0.532. The largest absolute Gasteiger partial charge is 0.441 e. The van der Waals surface area contributed by atoms with E-state index in [1.165, 1.54) is 5.56 Å². The van der Waals surface area contributed by atoms with E-state index < -0.39 is 0 Å². The van der Waals surface area contributed by atoms with Crippen LogP contribution in [0.3, 0.4) is 0 Å². The molecule has 1 amide bonds.